The van der Waals surface area contributed by atoms with Crippen molar-refractivity contribution < 1.29 is 28.3 Å². The predicted octanol–water partition coefficient (Wildman–Crippen LogP) is 3.32. The number of carbonyl (C=O) groups excluding carboxylic acids is 4. The fraction of sp³-hybridized carbons (Fsp3) is 0.280. The average molecular weight is 448 g/mol. The summed E-state index contributed by atoms with van der Waals surface area (Å²) in [7, 11) is 0. The molecule has 2 bridgehead atoms. The molecule has 0 radical (unpaired) electrons. The lowest BCUT2D eigenvalue weighted by molar-refractivity contribution is -0.123. The van der Waals surface area contributed by atoms with E-state index >= 15 is 0 Å². The zero-order chi connectivity index (χ0) is 23.3. The number of benzene rings is 2. The number of nitrogens with one attached hydrogen (secondary N) is 1. The number of hydrogen-bond acceptors (Lipinski definition) is 5. The number of amides is 3. The molecule has 0 spiro atoms. The van der Waals surface area contributed by atoms with Crippen molar-refractivity contribution in [2.75, 3.05) is 16.8 Å². The Morgan fingerprint density at radius 3 is 2.58 bits per heavy atom. The predicted molar refractivity (Wildman–Crippen MR) is 117 cm³/mol. The van der Waals surface area contributed by atoms with Crippen LogP contribution >= 0.6 is 0 Å². The van der Waals surface area contributed by atoms with Gasteiger partial charge in [-0.05, 0) is 67.6 Å². The summed E-state index contributed by atoms with van der Waals surface area (Å²) in [5, 5.41) is 2.50. The van der Waals surface area contributed by atoms with Crippen molar-refractivity contribution in [3.63, 3.8) is 0 Å². The van der Waals surface area contributed by atoms with E-state index in [9.17, 15) is 23.6 Å². The molecule has 3 aliphatic rings. The minimum absolute atomic E-state index is 0.0919. The number of ether oxygens (including phenoxy) is 1. The van der Waals surface area contributed by atoms with Crippen LogP contribution in [-0.4, -0.2) is 30.3 Å². The van der Waals surface area contributed by atoms with Gasteiger partial charge < -0.3 is 10.1 Å². The summed E-state index contributed by atoms with van der Waals surface area (Å²) in [6.45, 7) is 1.46. The van der Waals surface area contributed by atoms with E-state index in [0.29, 0.717) is 11.4 Å². The van der Waals surface area contributed by atoms with Gasteiger partial charge in [0.2, 0.25) is 11.8 Å². The Morgan fingerprint density at radius 2 is 1.82 bits per heavy atom. The van der Waals surface area contributed by atoms with E-state index in [1.165, 1.54) is 46.9 Å². The maximum Gasteiger partial charge on any atom is 0.338 e. The second-order valence-electron chi connectivity index (χ2n) is 8.66. The normalized spacial score (nSPS) is 25.2. The van der Waals surface area contributed by atoms with Gasteiger partial charge in [-0.3, -0.25) is 14.4 Å². The van der Waals surface area contributed by atoms with Crippen LogP contribution in [0.1, 0.15) is 23.7 Å². The summed E-state index contributed by atoms with van der Waals surface area (Å²) in [6.07, 6.45) is 2.95. The van der Waals surface area contributed by atoms with Crippen LogP contribution in [0.25, 0.3) is 0 Å². The van der Waals surface area contributed by atoms with Crippen molar-refractivity contribution in [1.82, 2.24) is 0 Å². The van der Waals surface area contributed by atoms with Gasteiger partial charge >= 0.3 is 5.97 Å². The van der Waals surface area contributed by atoms with Crippen LogP contribution in [0, 0.1) is 29.5 Å². The number of esters is 1. The monoisotopic (exact) mass is 448 g/mol. The summed E-state index contributed by atoms with van der Waals surface area (Å²) in [5.41, 5.74) is 1.98. The SMILES string of the molecule is CC1=C[C@H]2C[C@H]1[C@H]1C(=O)N(c3cccc(C(=O)OCC(=O)Nc4ccc(F)cc4)c3)C(=O)[C@@H]12. The molecule has 1 aliphatic heterocycles. The molecule has 3 amide bonds. The maximum absolute atomic E-state index is 13.1. The first kappa shape index (κ1) is 21.1. The second-order valence-corrected chi connectivity index (χ2v) is 8.66. The Kier molecular flexibility index (Phi) is 5.08. The Hall–Kier alpha value is -3.81. The van der Waals surface area contributed by atoms with Crippen LogP contribution in [0.15, 0.2) is 60.2 Å². The Morgan fingerprint density at radius 1 is 1.09 bits per heavy atom. The van der Waals surface area contributed by atoms with Crippen LogP contribution < -0.4 is 10.2 Å². The third kappa shape index (κ3) is 3.61. The lowest BCUT2D eigenvalue weighted by Gasteiger charge is -2.19. The minimum atomic E-state index is -0.761. The van der Waals surface area contributed by atoms with Crippen molar-refractivity contribution in [3.05, 3.63) is 71.6 Å². The first-order valence-electron chi connectivity index (χ1n) is 10.7. The molecule has 2 fully saturated rings. The number of rotatable bonds is 5. The Bertz CT molecular complexity index is 1210. The Labute approximate surface area is 189 Å². The highest BCUT2D eigenvalue weighted by Crippen LogP contribution is 2.55. The first-order chi connectivity index (χ1) is 15.8. The molecule has 33 heavy (non-hydrogen) atoms. The van der Waals surface area contributed by atoms with Crippen molar-refractivity contribution in [3.8, 4) is 0 Å². The summed E-state index contributed by atoms with van der Waals surface area (Å²) in [4.78, 5) is 51.9. The van der Waals surface area contributed by atoms with Crippen molar-refractivity contribution in [2.24, 2.45) is 23.7 Å². The molecule has 168 valence electrons. The van der Waals surface area contributed by atoms with Gasteiger partial charge in [-0.25, -0.2) is 14.1 Å². The fourth-order valence-electron chi connectivity index (χ4n) is 5.25. The lowest BCUT2D eigenvalue weighted by Crippen LogP contribution is -2.33. The van der Waals surface area contributed by atoms with Crippen LogP contribution in [-0.2, 0) is 19.1 Å². The molecule has 0 unspecified atom stereocenters. The maximum atomic E-state index is 13.1. The molecule has 2 aliphatic carbocycles. The van der Waals surface area contributed by atoms with Crippen molar-refractivity contribution in [2.45, 2.75) is 13.3 Å². The number of nitrogens with zero attached hydrogens (tertiary/aromatic N) is 1. The smallest absolute Gasteiger partial charge is 0.338 e. The molecule has 2 aromatic rings. The van der Waals surface area contributed by atoms with Crippen LogP contribution in [0.5, 0.6) is 0 Å². The minimum Gasteiger partial charge on any atom is -0.452 e. The summed E-state index contributed by atoms with van der Waals surface area (Å²) >= 11 is 0. The molecule has 1 N–H and O–H groups in total. The summed E-state index contributed by atoms with van der Waals surface area (Å²) in [6, 6.07) is 11.3. The molecule has 7 nitrogen and oxygen atoms in total. The van der Waals surface area contributed by atoms with Crippen LogP contribution in [0.3, 0.4) is 0 Å². The summed E-state index contributed by atoms with van der Waals surface area (Å²) < 4.78 is 18.0. The lowest BCUT2D eigenvalue weighted by atomic mass is 9.82. The van der Waals surface area contributed by atoms with Gasteiger partial charge in [0.25, 0.3) is 5.91 Å². The van der Waals surface area contributed by atoms with E-state index in [-0.39, 0.29) is 41.0 Å². The van der Waals surface area contributed by atoms with Gasteiger partial charge in [0.05, 0.1) is 23.1 Å². The zero-order valence-corrected chi connectivity index (χ0v) is 17.8. The number of imide groups is 1. The molecule has 1 saturated carbocycles. The van der Waals surface area contributed by atoms with E-state index in [1.54, 1.807) is 12.1 Å². The number of carbonyl (C=O) groups is 4. The number of allylic oxidation sites excluding steroid dienone is 2. The number of fused-ring (bicyclic) bond motifs is 5. The molecule has 0 aromatic heterocycles. The third-order valence-electron chi connectivity index (χ3n) is 6.68. The van der Waals surface area contributed by atoms with Gasteiger partial charge in [-0.1, -0.05) is 17.7 Å². The zero-order valence-electron chi connectivity index (χ0n) is 17.8. The second kappa shape index (κ2) is 7.95. The first-order valence-corrected chi connectivity index (χ1v) is 10.7. The quantitative estimate of drug-likeness (QED) is 0.430. The standard InChI is InChI=1S/C25H21FN2O5/c1-13-9-15-11-19(13)22-21(15)23(30)28(24(22)31)18-4-2-3-14(10-18)25(32)33-12-20(29)27-17-7-5-16(26)6-8-17/h2-10,15,19,21-22H,11-12H2,1H3,(H,27,29)/t15-,19+,21+,22+/m0/s1. The molecule has 5 rings (SSSR count). The van der Waals surface area contributed by atoms with Crippen molar-refractivity contribution in [1.29, 1.82) is 0 Å². The van der Waals surface area contributed by atoms with Gasteiger partial charge in [-0.2, -0.15) is 0 Å². The highest BCUT2D eigenvalue weighted by molar-refractivity contribution is 6.23. The third-order valence-corrected chi connectivity index (χ3v) is 6.68. The van der Waals surface area contributed by atoms with Gasteiger partial charge in [0.15, 0.2) is 6.61 Å². The van der Waals surface area contributed by atoms with Gasteiger partial charge in [-0.15, -0.1) is 0 Å². The summed E-state index contributed by atoms with van der Waals surface area (Å²) in [5.74, 6) is -2.71. The molecule has 1 saturated heterocycles. The van der Waals surface area contributed by atoms with E-state index < -0.39 is 24.3 Å². The van der Waals surface area contributed by atoms with Crippen molar-refractivity contribution >= 4 is 35.1 Å². The van der Waals surface area contributed by atoms with Crippen LogP contribution in [0.2, 0.25) is 0 Å². The fourth-order valence-corrected chi connectivity index (χ4v) is 5.25. The molecule has 4 atom stereocenters. The highest BCUT2D eigenvalue weighted by Gasteiger charge is 2.60. The average Bonchev–Trinajstić information content (AvgIpc) is 3.44. The molecular formula is C25H21FN2O5. The molecule has 8 heteroatoms. The number of anilines is 2. The molecular weight excluding hydrogens is 427 g/mol. The molecule has 1 heterocycles. The van der Waals surface area contributed by atoms with E-state index in [1.807, 2.05) is 6.92 Å². The van der Waals surface area contributed by atoms with Gasteiger partial charge in [0, 0.05) is 5.69 Å². The topological polar surface area (TPSA) is 92.8 Å². The van der Waals surface area contributed by atoms with E-state index in [0.717, 1.165) is 6.42 Å². The van der Waals surface area contributed by atoms with E-state index in [4.69, 9.17) is 4.74 Å². The highest BCUT2D eigenvalue weighted by atomic mass is 19.1. The van der Waals surface area contributed by atoms with E-state index in [2.05, 4.69) is 11.4 Å². The molecule has 2 aromatic carbocycles. The largest absolute Gasteiger partial charge is 0.452 e. The number of hydrogen-bond donors (Lipinski definition) is 1. The Balaban J connectivity index is 1.25. The van der Waals surface area contributed by atoms with Gasteiger partial charge in [0.1, 0.15) is 5.82 Å². The number of halogens is 1. The van der Waals surface area contributed by atoms with Crippen LogP contribution in [0.4, 0.5) is 15.8 Å².